The Balaban J connectivity index is 0.967. The Morgan fingerprint density at radius 2 is 1.62 bits per heavy atom. The molecule has 1 saturated heterocycles. The fourth-order valence-electron chi connectivity index (χ4n) is 5.02. The van der Waals surface area contributed by atoms with Crippen molar-refractivity contribution in [3.63, 3.8) is 0 Å². The van der Waals surface area contributed by atoms with Crippen molar-refractivity contribution in [1.82, 2.24) is 14.9 Å². The minimum atomic E-state index is -0.807. The van der Waals surface area contributed by atoms with Crippen LogP contribution in [0.25, 0.3) is 24.3 Å². The monoisotopic (exact) mass is 647 g/mol. The number of carbonyl (C=O) groups excluding carboxylic acids is 2. The largest absolute Gasteiger partial charge is 0.493 e. The van der Waals surface area contributed by atoms with Gasteiger partial charge in [0.05, 0.1) is 19.3 Å². The van der Waals surface area contributed by atoms with Gasteiger partial charge in [0.2, 0.25) is 5.89 Å². The van der Waals surface area contributed by atoms with Crippen molar-refractivity contribution in [2.45, 2.75) is 38.5 Å². The lowest BCUT2D eigenvalue weighted by molar-refractivity contribution is -0.130. The topological polar surface area (TPSA) is 104 Å². The van der Waals surface area contributed by atoms with Gasteiger partial charge in [0.15, 0.2) is 17.6 Å². The predicted molar refractivity (Wildman–Crippen MR) is 180 cm³/mol. The first-order chi connectivity index (χ1) is 23.0. The second-order valence-electron chi connectivity index (χ2n) is 10.8. The number of benzene rings is 3. The number of aryl methyl sites for hydroxylation is 1. The molecule has 6 rings (SSSR count). The van der Waals surface area contributed by atoms with Gasteiger partial charge in [-0.05, 0) is 60.2 Å². The number of oxazole rings is 1. The molecule has 3 heterocycles. The number of hydrogen-bond acceptors (Lipinski definition) is 9. The molecule has 1 fully saturated rings. The average molecular weight is 648 g/mol. The average Bonchev–Trinajstić information content (AvgIpc) is 3.83. The molecule has 0 aliphatic carbocycles. The van der Waals surface area contributed by atoms with E-state index in [-0.39, 0.29) is 19.1 Å². The Morgan fingerprint density at radius 3 is 2.36 bits per heavy atom. The third kappa shape index (κ3) is 8.42. The van der Waals surface area contributed by atoms with Gasteiger partial charge >= 0.3 is 6.09 Å². The molecule has 1 unspecified atom stereocenters. The summed E-state index contributed by atoms with van der Waals surface area (Å²) >= 11 is 1.46. The van der Waals surface area contributed by atoms with Crippen LogP contribution in [-0.4, -0.2) is 40.1 Å². The molecule has 2 amide bonds. The number of thiazole rings is 1. The fraction of sp³-hybridized carbons (Fsp3) is 0.189. The molecule has 1 aliphatic rings. The molecule has 0 spiro atoms. The van der Waals surface area contributed by atoms with Crippen LogP contribution in [0.3, 0.4) is 0 Å². The summed E-state index contributed by atoms with van der Waals surface area (Å²) in [5.74, 6) is 1.33. The summed E-state index contributed by atoms with van der Waals surface area (Å²) in [6, 6.07) is 25.6. The fourth-order valence-corrected chi connectivity index (χ4v) is 5.72. The molecule has 47 heavy (non-hydrogen) atoms. The highest BCUT2D eigenvalue weighted by atomic mass is 32.1. The molecule has 1 atom stereocenters. The van der Waals surface area contributed by atoms with Gasteiger partial charge in [0, 0.05) is 11.5 Å². The van der Waals surface area contributed by atoms with Crippen molar-refractivity contribution in [3.8, 4) is 11.5 Å². The molecule has 1 aliphatic heterocycles. The standard InChI is InChI=1S/C37H33N3O6S/c1-43-33-21-28(15-18-31(33)44-23-30-24-45-34(38-30)19-16-26-9-4-2-5-10-26)13-8-14-32-36(41)40(37(42)46-32)22-29-25-47-35(39-29)20-17-27-11-6-3-7-12-27/h2-7,9-12,15-21,24-25,32H,8,13-14,22-23H2,1H3. The van der Waals surface area contributed by atoms with E-state index in [0.29, 0.717) is 48.0 Å². The van der Waals surface area contributed by atoms with Crippen LogP contribution in [0.1, 0.15) is 51.8 Å². The maximum atomic E-state index is 13.0. The molecule has 238 valence electrons. The van der Waals surface area contributed by atoms with Crippen LogP contribution in [0.15, 0.2) is 94.9 Å². The highest BCUT2D eigenvalue weighted by Crippen LogP contribution is 2.30. The van der Waals surface area contributed by atoms with Gasteiger partial charge in [-0.3, -0.25) is 4.79 Å². The summed E-state index contributed by atoms with van der Waals surface area (Å²) in [6.45, 7) is 0.305. The molecule has 9 nitrogen and oxygen atoms in total. The molecule has 0 bridgehead atoms. The molecule has 2 aromatic heterocycles. The Labute approximate surface area is 276 Å². The number of rotatable bonds is 14. The SMILES string of the molecule is COc1cc(CCCC2OC(=O)N(Cc3csc(C=Cc4ccccc4)n3)C2=O)ccc1OCc1coc(C=Cc2ccccc2)n1. The summed E-state index contributed by atoms with van der Waals surface area (Å²) in [5.41, 5.74) is 4.43. The zero-order valence-corrected chi connectivity index (χ0v) is 26.6. The number of amides is 2. The van der Waals surface area contributed by atoms with E-state index in [2.05, 4.69) is 9.97 Å². The summed E-state index contributed by atoms with van der Waals surface area (Å²) < 4.78 is 22.5. The van der Waals surface area contributed by atoms with E-state index in [1.807, 2.05) is 109 Å². The number of ether oxygens (including phenoxy) is 3. The number of nitrogens with zero attached hydrogens (tertiary/aromatic N) is 3. The van der Waals surface area contributed by atoms with Gasteiger partial charge in [-0.25, -0.2) is 19.7 Å². The van der Waals surface area contributed by atoms with Crippen molar-refractivity contribution in [3.05, 3.63) is 129 Å². The zero-order chi connectivity index (χ0) is 32.4. The number of hydrogen-bond donors (Lipinski definition) is 0. The minimum absolute atomic E-state index is 0.0859. The number of aromatic nitrogens is 2. The van der Waals surface area contributed by atoms with Gasteiger partial charge in [-0.2, -0.15) is 0 Å². The van der Waals surface area contributed by atoms with Gasteiger partial charge in [-0.1, -0.05) is 72.8 Å². The normalized spacial score (nSPS) is 14.7. The summed E-state index contributed by atoms with van der Waals surface area (Å²) in [7, 11) is 1.59. The summed E-state index contributed by atoms with van der Waals surface area (Å²) in [6.07, 6.45) is 9.50. The van der Waals surface area contributed by atoms with E-state index in [1.54, 1.807) is 13.4 Å². The number of carbonyl (C=O) groups is 2. The quantitative estimate of drug-likeness (QED) is 0.120. The van der Waals surface area contributed by atoms with Crippen LogP contribution >= 0.6 is 11.3 Å². The van der Waals surface area contributed by atoms with Crippen molar-refractivity contribution >= 4 is 47.6 Å². The molecular formula is C37H33N3O6S. The molecule has 0 radical (unpaired) electrons. The molecule has 0 N–H and O–H groups in total. The van der Waals surface area contributed by atoms with E-state index in [0.717, 1.165) is 26.6 Å². The Hall–Kier alpha value is -5.48. The lowest BCUT2D eigenvalue weighted by Gasteiger charge is -2.12. The Kier molecular flexibility index (Phi) is 10.2. The smallest absolute Gasteiger partial charge is 0.417 e. The maximum Gasteiger partial charge on any atom is 0.417 e. The number of methoxy groups -OCH3 is 1. The van der Waals surface area contributed by atoms with Crippen LogP contribution in [0.5, 0.6) is 11.5 Å². The van der Waals surface area contributed by atoms with Gasteiger partial charge in [-0.15, -0.1) is 11.3 Å². The first-order valence-electron chi connectivity index (χ1n) is 15.2. The predicted octanol–water partition coefficient (Wildman–Crippen LogP) is 7.93. The van der Waals surface area contributed by atoms with Gasteiger partial charge in [0.25, 0.3) is 5.91 Å². The van der Waals surface area contributed by atoms with E-state index < -0.39 is 12.2 Å². The number of imide groups is 1. The molecule has 3 aromatic carbocycles. The summed E-state index contributed by atoms with van der Waals surface area (Å²) in [5, 5.41) is 2.65. The minimum Gasteiger partial charge on any atom is -0.493 e. The lowest BCUT2D eigenvalue weighted by atomic mass is 10.0. The highest BCUT2D eigenvalue weighted by Gasteiger charge is 2.40. The van der Waals surface area contributed by atoms with Crippen LogP contribution in [0.4, 0.5) is 4.79 Å². The second-order valence-corrected chi connectivity index (χ2v) is 11.7. The highest BCUT2D eigenvalue weighted by molar-refractivity contribution is 7.10. The Morgan fingerprint density at radius 1 is 0.872 bits per heavy atom. The third-order valence-corrected chi connectivity index (χ3v) is 8.29. The maximum absolute atomic E-state index is 13.0. The van der Waals surface area contributed by atoms with Crippen LogP contribution in [0, 0.1) is 0 Å². The molecular weight excluding hydrogens is 614 g/mol. The van der Waals surface area contributed by atoms with E-state index in [9.17, 15) is 9.59 Å². The van der Waals surface area contributed by atoms with E-state index in [1.165, 1.54) is 11.3 Å². The van der Waals surface area contributed by atoms with Crippen LogP contribution in [-0.2, 0) is 29.1 Å². The second kappa shape index (κ2) is 15.2. The van der Waals surface area contributed by atoms with Crippen molar-refractivity contribution in [2.75, 3.05) is 7.11 Å². The Bertz CT molecular complexity index is 1870. The van der Waals surface area contributed by atoms with Gasteiger partial charge in [0.1, 0.15) is 23.6 Å². The van der Waals surface area contributed by atoms with Crippen LogP contribution in [0.2, 0.25) is 0 Å². The third-order valence-electron chi connectivity index (χ3n) is 7.44. The van der Waals surface area contributed by atoms with Crippen molar-refractivity contribution < 1.29 is 28.2 Å². The first-order valence-corrected chi connectivity index (χ1v) is 16.1. The van der Waals surface area contributed by atoms with Crippen molar-refractivity contribution in [2.24, 2.45) is 0 Å². The van der Waals surface area contributed by atoms with Crippen LogP contribution < -0.4 is 9.47 Å². The number of cyclic esters (lactones) is 1. The molecule has 0 saturated carbocycles. The van der Waals surface area contributed by atoms with E-state index >= 15 is 0 Å². The first kappa shape index (κ1) is 31.5. The molecule has 10 heteroatoms. The van der Waals surface area contributed by atoms with Crippen molar-refractivity contribution in [1.29, 1.82) is 0 Å². The van der Waals surface area contributed by atoms with Gasteiger partial charge < -0.3 is 18.6 Å². The lowest BCUT2D eigenvalue weighted by Crippen LogP contribution is -2.31. The summed E-state index contributed by atoms with van der Waals surface area (Å²) in [4.78, 5) is 35.7. The molecule has 5 aromatic rings. The van der Waals surface area contributed by atoms with E-state index in [4.69, 9.17) is 18.6 Å². The zero-order valence-electron chi connectivity index (χ0n) is 25.8.